The molecule has 4 saturated carbocycles. The summed E-state index contributed by atoms with van der Waals surface area (Å²) in [5.41, 5.74) is -4.36. The molecule has 4 aromatic rings. The van der Waals surface area contributed by atoms with Gasteiger partial charge in [0.25, 0.3) is 0 Å². The number of nitrogens with zero attached hydrogens (tertiary/aromatic N) is 4. The number of nitrogens with one attached hydrogen (secondary N) is 2. The smallest absolute Gasteiger partial charge is 0.307 e. The van der Waals surface area contributed by atoms with Crippen molar-refractivity contribution in [1.29, 1.82) is 0 Å². The number of rotatable bonds is 20. The first kappa shape index (κ1) is 86.3. The number of ether oxygens (including phenoxy) is 8. The lowest BCUT2D eigenvalue weighted by Gasteiger charge is -2.32. The van der Waals surface area contributed by atoms with Crippen LogP contribution in [0.25, 0.3) is 21.5 Å². The fourth-order valence-corrected chi connectivity index (χ4v) is 19.9. The lowest BCUT2D eigenvalue weighted by molar-refractivity contribution is -0.160. The molecular weight excluding hydrogens is 1520 g/mol. The predicted octanol–water partition coefficient (Wildman–Crippen LogP) is 11.7. The zero-order valence-corrected chi connectivity index (χ0v) is 69.6. The number of sulfonamides is 2. The summed E-state index contributed by atoms with van der Waals surface area (Å²) in [4.78, 5) is 126. The van der Waals surface area contributed by atoms with Crippen LogP contribution in [0.1, 0.15) is 185 Å². The van der Waals surface area contributed by atoms with Gasteiger partial charge in [-0.15, -0.1) is 0 Å². The van der Waals surface area contributed by atoms with Crippen molar-refractivity contribution < 1.29 is 102 Å². The van der Waals surface area contributed by atoms with Gasteiger partial charge in [-0.3, -0.25) is 47.8 Å². The molecule has 2 aromatic carbocycles. The minimum absolute atomic E-state index is 0.0103. The van der Waals surface area contributed by atoms with E-state index >= 15 is 0 Å². The van der Waals surface area contributed by atoms with E-state index in [9.17, 15) is 64.0 Å². The van der Waals surface area contributed by atoms with Gasteiger partial charge in [0.05, 0.1) is 89.1 Å². The second-order valence-corrected chi connectivity index (χ2v) is 39.4. The third-order valence-electron chi connectivity index (χ3n) is 24.3. The fourth-order valence-electron chi connectivity index (χ4n) is 17.1. The number of alkyl halides is 2. The number of ketones is 2. The third-order valence-corrected chi connectivity index (χ3v) is 28.5. The quantitative estimate of drug-likeness (QED) is 0.0613. The summed E-state index contributed by atoms with van der Waals surface area (Å²) >= 11 is 0. The van der Waals surface area contributed by atoms with Gasteiger partial charge >= 0.3 is 11.9 Å². The van der Waals surface area contributed by atoms with E-state index in [1.807, 2.05) is 38.2 Å². The summed E-state index contributed by atoms with van der Waals surface area (Å²) in [6.07, 6.45) is 13.4. The average Bonchev–Trinajstić information content (AvgIpc) is 1.57. The molecule has 624 valence electrons. The van der Waals surface area contributed by atoms with Gasteiger partial charge in [0.1, 0.15) is 46.3 Å². The summed E-state index contributed by atoms with van der Waals surface area (Å²) in [6.45, 7) is 16.4. The average molecular weight is 1630 g/mol. The van der Waals surface area contributed by atoms with Crippen LogP contribution in [0.4, 0.5) is 8.78 Å². The van der Waals surface area contributed by atoms with Crippen LogP contribution in [0.2, 0.25) is 0 Å². The molecule has 0 bridgehead atoms. The number of carbonyl (C=O) groups excluding carboxylic acids is 8. The molecule has 30 heteroatoms. The molecule has 4 aliphatic carbocycles. The summed E-state index contributed by atoms with van der Waals surface area (Å²) in [5, 5.41) is 2.76. The predicted molar refractivity (Wildman–Crippen MR) is 420 cm³/mol. The molecule has 0 radical (unpaired) electrons. The molecule has 2 saturated heterocycles. The zero-order chi connectivity index (χ0) is 83.0. The van der Waals surface area contributed by atoms with Crippen molar-refractivity contribution in [2.45, 2.75) is 230 Å². The second-order valence-electron chi connectivity index (χ2n) is 35.2. The monoisotopic (exact) mass is 1630 g/mol. The van der Waals surface area contributed by atoms with Crippen LogP contribution in [0, 0.1) is 58.2 Å². The first-order chi connectivity index (χ1) is 53.7. The Morgan fingerprint density at radius 2 is 0.886 bits per heavy atom. The number of benzene rings is 2. The Morgan fingerprint density at radius 1 is 0.535 bits per heavy atom. The van der Waals surface area contributed by atoms with Gasteiger partial charge in [-0.1, -0.05) is 52.0 Å². The van der Waals surface area contributed by atoms with Gasteiger partial charge in [0.15, 0.2) is 34.6 Å². The molecule has 2 aromatic heterocycles. The van der Waals surface area contributed by atoms with E-state index in [0.717, 1.165) is 23.6 Å². The van der Waals surface area contributed by atoms with Crippen LogP contribution in [0.3, 0.4) is 0 Å². The zero-order valence-electron chi connectivity index (χ0n) is 67.9. The highest BCUT2D eigenvalue weighted by Crippen LogP contribution is 2.60. The van der Waals surface area contributed by atoms with Crippen molar-refractivity contribution in [3.63, 3.8) is 0 Å². The van der Waals surface area contributed by atoms with E-state index in [-0.39, 0.29) is 126 Å². The van der Waals surface area contributed by atoms with Crippen molar-refractivity contribution in [3.8, 4) is 34.8 Å². The van der Waals surface area contributed by atoms with Gasteiger partial charge in [-0.05, 0) is 201 Å². The first-order valence-corrected chi connectivity index (χ1v) is 42.7. The van der Waals surface area contributed by atoms with Crippen LogP contribution in [0.15, 0.2) is 73.1 Å². The Balaban J connectivity index is 0.000000225. The van der Waals surface area contributed by atoms with Crippen molar-refractivity contribution in [2.24, 2.45) is 58.2 Å². The number of aromatic nitrogens is 2. The molecule has 0 unspecified atom stereocenters. The number of methoxy groups -OCH3 is 4. The van der Waals surface area contributed by atoms with E-state index in [0.29, 0.717) is 59.5 Å². The largest absolute Gasteiger partial charge is 0.493 e. The number of fused-ring (bicyclic) bond motifs is 6. The van der Waals surface area contributed by atoms with Crippen molar-refractivity contribution in [3.05, 3.63) is 73.1 Å². The maximum Gasteiger partial charge on any atom is 0.307 e. The van der Waals surface area contributed by atoms with E-state index in [2.05, 4.69) is 33.3 Å². The highest BCUT2D eigenvalue weighted by atomic mass is 32.2. The number of hydrogen-bond donors (Lipinski definition) is 2. The molecule has 0 spiro atoms. The van der Waals surface area contributed by atoms with Gasteiger partial charge in [0, 0.05) is 48.8 Å². The maximum atomic E-state index is 14.9. The summed E-state index contributed by atoms with van der Waals surface area (Å²) in [5.74, 6) is -4.65. The standard InChI is InChI=1S/2C42H56FN3O10S/c2*1-25-10-8-9-11-28-21-42(28,39(50)45-57(51,52)41(24-43)13-14-41)22-33(47)32-18-29(55-37-31-19-35(54-7)34(53-6)17-27(31)12-15-44-37)23-46(32)38(49)30(26(2)16-25)20-36(48)56-40(3,4)5/h2*9,11-12,15,17,19,25-26,28-30,32H,8,10,13-14,16,18,20-24H2,1-7H3,(H,45,50)/b2*11-9-/t25-,26+,28+,29+,30-,32-,42+;25-,26-,28-,29-,30+,32+,42-/m01/s1. The number of halogens is 2. The van der Waals surface area contributed by atoms with Crippen LogP contribution < -0.4 is 37.9 Å². The number of allylic oxidation sites excluding steroid dienone is 4. The minimum atomic E-state index is -4.35. The number of esters is 2. The first-order valence-electron chi connectivity index (χ1n) is 39.7. The van der Waals surface area contributed by atoms with Crippen LogP contribution >= 0.6 is 0 Å². The minimum Gasteiger partial charge on any atom is -0.493 e. The summed E-state index contributed by atoms with van der Waals surface area (Å²) in [6, 6.07) is 8.54. The normalized spacial score (nSPS) is 29.6. The van der Waals surface area contributed by atoms with Crippen molar-refractivity contribution >= 4 is 88.7 Å². The van der Waals surface area contributed by atoms with Gasteiger partial charge in [-0.25, -0.2) is 35.6 Å². The van der Waals surface area contributed by atoms with Crippen molar-refractivity contribution in [1.82, 2.24) is 29.2 Å². The van der Waals surface area contributed by atoms with E-state index < -0.39 is 160 Å². The molecule has 8 aliphatic rings. The number of carbonyl (C=O) groups is 8. The molecule has 26 nitrogen and oxygen atoms in total. The number of Topliss-reactive ketones (excluding diaryl/α,β-unsaturated/α-hetero) is 2. The van der Waals surface area contributed by atoms with Crippen molar-refractivity contribution in [2.75, 3.05) is 54.9 Å². The number of hydrogen-bond acceptors (Lipinski definition) is 22. The van der Waals surface area contributed by atoms with Crippen LogP contribution in [0.5, 0.6) is 34.8 Å². The van der Waals surface area contributed by atoms with Gasteiger partial charge < -0.3 is 47.7 Å². The topological polar surface area (TPSA) is 335 Å². The Bertz CT molecular complexity index is 4340. The highest BCUT2D eigenvalue weighted by Gasteiger charge is 2.66. The lowest BCUT2D eigenvalue weighted by Crippen LogP contribution is -2.48. The Morgan fingerprint density at radius 3 is 1.21 bits per heavy atom. The molecular formula is C84H112F2N6O20S2. The Hall–Kier alpha value is -8.54. The van der Waals surface area contributed by atoms with Gasteiger partial charge in [0.2, 0.25) is 55.4 Å². The molecule has 4 amide bonds. The number of pyridine rings is 2. The lowest BCUT2D eigenvalue weighted by atomic mass is 9.82. The van der Waals surface area contributed by atoms with Crippen LogP contribution in [-0.4, -0.2) is 184 Å². The van der Waals surface area contributed by atoms with E-state index in [1.165, 1.54) is 38.2 Å². The molecule has 114 heavy (non-hydrogen) atoms. The summed E-state index contributed by atoms with van der Waals surface area (Å²) < 4.78 is 128. The molecule has 6 heterocycles. The molecule has 6 fully saturated rings. The molecule has 14 atom stereocenters. The Kier molecular flexibility index (Phi) is 25.7. The summed E-state index contributed by atoms with van der Waals surface area (Å²) in [7, 11) is -2.59. The fraction of sp³-hybridized carbons (Fsp3) is 0.643. The maximum absolute atomic E-state index is 14.9. The van der Waals surface area contributed by atoms with Gasteiger partial charge in [-0.2, -0.15) is 0 Å². The highest BCUT2D eigenvalue weighted by molar-refractivity contribution is 7.92. The second kappa shape index (κ2) is 34.0. The SMILES string of the molecule is COc1cc2ccnc(O[C@@H]3C[C@H]4C(=O)C[C@]5(C(=O)NS(=O)(=O)C6(CF)CC6)C[C@H]5/C=C\CC[C@@H](C)C[C@@H](C)[C@H](CC(=O)OC(C)(C)C)C(=O)N4C3)c2cc1OC.COc1cc2ccnc(O[C@@H]3C[C@H]4C(=O)C[C@]5(C(=O)NS(=O)(=O)C6(CF)CC6)C[C@H]5/C=C\CC[C@H](C)C[C@@H](C)[C@H](CC(=O)OC(C)(C)C)C(=O)N4C3)c2cc1OC. The Labute approximate surface area is 667 Å². The van der Waals surface area contributed by atoms with E-state index in [4.69, 9.17) is 37.9 Å². The molecule has 2 N–H and O–H groups in total. The molecule has 4 aliphatic heterocycles. The van der Waals surface area contributed by atoms with E-state index in [1.54, 1.807) is 90.3 Å². The number of amides is 4. The van der Waals surface area contributed by atoms with Crippen LogP contribution in [-0.2, 0) is 67.9 Å². The third kappa shape index (κ3) is 18.9. The molecule has 12 rings (SSSR count).